The van der Waals surface area contributed by atoms with Crippen molar-refractivity contribution in [3.63, 3.8) is 0 Å². The van der Waals surface area contributed by atoms with Crippen molar-refractivity contribution in [1.82, 2.24) is 14.9 Å². The largest absolute Gasteiger partial charge is 0.356 e. The van der Waals surface area contributed by atoms with E-state index in [1.807, 2.05) is 43.7 Å². The molecule has 1 aromatic heterocycles. The lowest BCUT2D eigenvalue weighted by Crippen LogP contribution is -2.29. The first-order valence-electron chi connectivity index (χ1n) is 9.81. The molecule has 0 radical (unpaired) electrons. The Balaban J connectivity index is 1.53. The predicted molar refractivity (Wildman–Crippen MR) is 113 cm³/mol. The van der Waals surface area contributed by atoms with Gasteiger partial charge < -0.3 is 9.88 Å². The zero-order chi connectivity index (χ0) is 19.5. The first kappa shape index (κ1) is 18.8. The van der Waals surface area contributed by atoms with Gasteiger partial charge in [-0.15, -0.1) is 0 Å². The third-order valence-electron chi connectivity index (χ3n) is 5.54. The maximum absolute atomic E-state index is 12.2. The second-order valence-electron chi connectivity index (χ2n) is 7.33. The van der Waals surface area contributed by atoms with Crippen LogP contribution in [0.15, 0.2) is 61.1 Å². The van der Waals surface area contributed by atoms with E-state index in [1.165, 1.54) is 0 Å². The Labute approximate surface area is 170 Å². The van der Waals surface area contributed by atoms with Gasteiger partial charge in [-0.05, 0) is 55.0 Å². The lowest BCUT2D eigenvalue weighted by molar-refractivity contribution is -0.124. The average molecular weight is 394 g/mol. The third kappa shape index (κ3) is 3.83. The minimum absolute atomic E-state index is 0.104. The number of nitrogens with one attached hydrogen (secondary N) is 1. The van der Waals surface area contributed by atoms with Crippen molar-refractivity contribution in [2.24, 2.45) is 5.92 Å². The van der Waals surface area contributed by atoms with E-state index in [0.717, 1.165) is 46.7 Å². The number of benzene rings is 2. The molecule has 1 fully saturated rings. The molecule has 1 aliphatic rings. The fourth-order valence-electron chi connectivity index (χ4n) is 4.06. The lowest BCUT2D eigenvalue weighted by atomic mass is 10.0. The second-order valence-corrected chi connectivity index (χ2v) is 7.77. The van der Waals surface area contributed by atoms with Crippen LogP contribution < -0.4 is 5.32 Å². The quantitative estimate of drug-likeness (QED) is 0.635. The normalized spacial score (nSPS) is 18.9. The molecule has 2 atom stereocenters. The van der Waals surface area contributed by atoms with E-state index in [-0.39, 0.29) is 11.8 Å². The maximum atomic E-state index is 12.2. The molecule has 0 unspecified atom stereocenters. The first-order chi connectivity index (χ1) is 13.7. The van der Waals surface area contributed by atoms with E-state index in [2.05, 4.69) is 39.1 Å². The van der Waals surface area contributed by atoms with E-state index < -0.39 is 0 Å². The summed E-state index contributed by atoms with van der Waals surface area (Å²) in [5.74, 6) is 0.284. The summed E-state index contributed by atoms with van der Waals surface area (Å²) in [6.45, 7) is 2.66. The minimum Gasteiger partial charge on any atom is -0.356 e. The third-order valence-corrected chi connectivity index (χ3v) is 5.80. The topological polar surface area (TPSA) is 46.9 Å². The van der Waals surface area contributed by atoms with Gasteiger partial charge in [0.25, 0.3) is 0 Å². The summed E-state index contributed by atoms with van der Waals surface area (Å²) in [5, 5.41) is 3.70. The first-order valence-corrected chi connectivity index (χ1v) is 10.2. The fraction of sp³-hybridized carbons (Fsp3) is 0.304. The number of amides is 1. The number of carbonyl (C=O) groups is 1. The molecule has 144 valence electrons. The molecule has 0 bridgehead atoms. The smallest absolute Gasteiger partial charge is 0.223 e. The van der Waals surface area contributed by atoms with Crippen molar-refractivity contribution in [2.75, 3.05) is 6.54 Å². The summed E-state index contributed by atoms with van der Waals surface area (Å²) >= 11 is 5.98. The Morgan fingerprint density at radius 1 is 1.07 bits per heavy atom. The van der Waals surface area contributed by atoms with Crippen LogP contribution >= 0.6 is 11.6 Å². The maximum Gasteiger partial charge on any atom is 0.223 e. The number of imidazole rings is 1. The summed E-state index contributed by atoms with van der Waals surface area (Å²) < 4.78 is 2.23. The van der Waals surface area contributed by atoms with Gasteiger partial charge in [0.1, 0.15) is 0 Å². The molecular weight excluding hydrogens is 370 g/mol. The number of hydrogen-bond acceptors (Lipinski definition) is 2. The standard InChI is InChI=1S/C23H24ClN3O/c1-2-26-23(28)19-9-12-21(13-19)27-15-25-14-22(27)18-5-3-16(4-6-18)17-7-10-20(24)11-8-17/h3-8,10-11,14-15,19,21H,2,9,12-13H2,1H3,(H,26,28)/t19-,21+/m0/s1. The summed E-state index contributed by atoms with van der Waals surface area (Å²) in [6.07, 6.45) is 6.62. The molecule has 2 aromatic carbocycles. The van der Waals surface area contributed by atoms with Gasteiger partial charge in [0.2, 0.25) is 5.91 Å². The molecule has 1 saturated carbocycles. The molecule has 1 aliphatic carbocycles. The SMILES string of the molecule is CCNC(=O)[C@H]1CC[C@@H](n2cncc2-c2ccc(-c3ccc(Cl)cc3)cc2)C1. The Morgan fingerprint density at radius 3 is 2.39 bits per heavy atom. The number of halogens is 1. The predicted octanol–water partition coefficient (Wildman–Crippen LogP) is 5.35. The summed E-state index contributed by atoms with van der Waals surface area (Å²) in [6, 6.07) is 16.7. The van der Waals surface area contributed by atoms with Gasteiger partial charge in [-0.25, -0.2) is 4.98 Å². The molecule has 28 heavy (non-hydrogen) atoms. The van der Waals surface area contributed by atoms with E-state index in [4.69, 9.17) is 11.6 Å². The zero-order valence-electron chi connectivity index (χ0n) is 15.9. The summed E-state index contributed by atoms with van der Waals surface area (Å²) in [5.41, 5.74) is 4.54. The van der Waals surface area contributed by atoms with Crippen LogP contribution in [0.25, 0.3) is 22.4 Å². The van der Waals surface area contributed by atoms with Crippen LogP contribution in [0.3, 0.4) is 0 Å². The molecule has 0 aliphatic heterocycles. The van der Waals surface area contributed by atoms with E-state index in [0.29, 0.717) is 12.6 Å². The number of aromatic nitrogens is 2. The van der Waals surface area contributed by atoms with Gasteiger partial charge >= 0.3 is 0 Å². The van der Waals surface area contributed by atoms with E-state index in [9.17, 15) is 4.79 Å². The molecule has 1 N–H and O–H groups in total. The van der Waals surface area contributed by atoms with Crippen LogP contribution in [-0.4, -0.2) is 22.0 Å². The van der Waals surface area contributed by atoms with Gasteiger partial charge in [0, 0.05) is 23.5 Å². The van der Waals surface area contributed by atoms with Crippen LogP contribution in [0.1, 0.15) is 32.2 Å². The second kappa shape index (κ2) is 8.19. The van der Waals surface area contributed by atoms with Crippen molar-refractivity contribution in [3.05, 3.63) is 66.1 Å². The molecule has 3 aromatic rings. The zero-order valence-corrected chi connectivity index (χ0v) is 16.7. The molecule has 0 spiro atoms. The molecule has 4 nitrogen and oxygen atoms in total. The van der Waals surface area contributed by atoms with Crippen LogP contribution in [0.4, 0.5) is 0 Å². The number of rotatable bonds is 5. The van der Waals surface area contributed by atoms with Gasteiger partial charge in [0.15, 0.2) is 0 Å². The monoisotopic (exact) mass is 393 g/mol. The highest BCUT2D eigenvalue weighted by Crippen LogP contribution is 2.37. The lowest BCUT2D eigenvalue weighted by Gasteiger charge is -2.16. The molecule has 4 rings (SSSR count). The van der Waals surface area contributed by atoms with Crippen molar-refractivity contribution in [3.8, 4) is 22.4 Å². The Bertz CT molecular complexity index is 947. The van der Waals surface area contributed by atoms with Gasteiger partial charge in [-0.1, -0.05) is 48.0 Å². The summed E-state index contributed by atoms with van der Waals surface area (Å²) in [7, 11) is 0. The Kier molecular flexibility index (Phi) is 5.49. The number of hydrogen-bond donors (Lipinski definition) is 1. The molecule has 5 heteroatoms. The highest BCUT2D eigenvalue weighted by molar-refractivity contribution is 6.30. The fourth-order valence-corrected chi connectivity index (χ4v) is 4.19. The van der Waals surface area contributed by atoms with Gasteiger partial charge in [-0.3, -0.25) is 4.79 Å². The summed E-state index contributed by atoms with van der Waals surface area (Å²) in [4.78, 5) is 16.6. The van der Waals surface area contributed by atoms with Gasteiger partial charge in [-0.2, -0.15) is 0 Å². The average Bonchev–Trinajstić information content (AvgIpc) is 3.38. The number of nitrogens with zero attached hydrogens (tertiary/aromatic N) is 2. The molecule has 1 heterocycles. The van der Waals surface area contributed by atoms with Crippen LogP contribution in [0.2, 0.25) is 5.02 Å². The molecular formula is C23H24ClN3O. The molecule has 1 amide bonds. The van der Waals surface area contributed by atoms with Crippen molar-refractivity contribution < 1.29 is 4.79 Å². The molecule has 0 saturated heterocycles. The Morgan fingerprint density at radius 2 is 1.71 bits per heavy atom. The van der Waals surface area contributed by atoms with E-state index >= 15 is 0 Å². The number of carbonyl (C=O) groups excluding carboxylic acids is 1. The van der Waals surface area contributed by atoms with Crippen LogP contribution in [0.5, 0.6) is 0 Å². The van der Waals surface area contributed by atoms with Crippen molar-refractivity contribution in [2.45, 2.75) is 32.2 Å². The van der Waals surface area contributed by atoms with Crippen molar-refractivity contribution >= 4 is 17.5 Å². The Hall–Kier alpha value is -2.59. The van der Waals surface area contributed by atoms with Crippen LogP contribution in [-0.2, 0) is 4.79 Å². The van der Waals surface area contributed by atoms with Crippen LogP contribution in [0, 0.1) is 5.92 Å². The van der Waals surface area contributed by atoms with Gasteiger partial charge in [0.05, 0.1) is 18.2 Å². The van der Waals surface area contributed by atoms with E-state index in [1.54, 1.807) is 0 Å². The minimum atomic E-state index is 0.104. The van der Waals surface area contributed by atoms with Crippen molar-refractivity contribution in [1.29, 1.82) is 0 Å². The highest BCUT2D eigenvalue weighted by atomic mass is 35.5. The highest BCUT2D eigenvalue weighted by Gasteiger charge is 2.31.